The van der Waals surface area contributed by atoms with Gasteiger partial charge < -0.3 is 20.7 Å². The monoisotopic (exact) mass is 501 g/mol. The smallest absolute Gasteiger partial charge is 0.239 e. The van der Waals surface area contributed by atoms with Crippen LogP contribution in [0.5, 0.6) is 5.75 Å². The van der Waals surface area contributed by atoms with Crippen LogP contribution in [-0.4, -0.2) is 53.3 Å². The van der Waals surface area contributed by atoms with Gasteiger partial charge in [0, 0.05) is 18.2 Å². The highest BCUT2D eigenvalue weighted by molar-refractivity contribution is 14.0. The summed E-state index contributed by atoms with van der Waals surface area (Å²) in [6, 6.07) is 7.51. The van der Waals surface area contributed by atoms with Crippen molar-refractivity contribution in [3.63, 3.8) is 0 Å². The minimum atomic E-state index is -0.270. The third-order valence-electron chi connectivity index (χ3n) is 3.46. The zero-order valence-electron chi connectivity index (χ0n) is 16.8. The molecule has 0 unspecified atom stereocenters. The molecule has 1 heterocycles. The zero-order valence-corrected chi connectivity index (χ0v) is 19.1. The number of amides is 1. The number of hydrogen-bond acceptors (Lipinski definition) is 5. The predicted molar refractivity (Wildman–Crippen MR) is 120 cm³/mol. The number of aromatic nitrogens is 3. The van der Waals surface area contributed by atoms with Crippen LogP contribution in [0, 0.1) is 0 Å². The summed E-state index contributed by atoms with van der Waals surface area (Å²) in [5.74, 6) is 2.43. The average Bonchev–Trinajstić information content (AvgIpc) is 3.09. The number of aromatic amines is 1. The Labute approximate surface area is 182 Å². The first-order valence-corrected chi connectivity index (χ1v) is 8.62. The first kappa shape index (κ1) is 23.7. The van der Waals surface area contributed by atoms with Crippen molar-refractivity contribution in [2.45, 2.75) is 32.9 Å². The van der Waals surface area contributed by atoms with E-state index in [9.17, 15) is 4.79 Å². The highest BCUT2D eigenvalue weighted by Crippen LogP contribution is 2.18. The first-order chi connectivity index (χ1) is 12.8. The van der Waals surface area contributed by atoms with Crippen LogP contribution in [0.3, 0.4) is 0 Å². The molecule has 2 rings (SSSR count). The maximum atomic E-state index is 11.9. The van der Waals surface area contributed by atoms with Gasteiger partial charge in [0.25, 0.3) is 0 Å². The molecule has 9 nitrogen and oxygen atoms in total. The molecule has 28 heavy (non-hydrogen) atoms. The van der Waals surface area contributed by atoms with Gasteiger partial charge in [-0.1, -0.05) is 0 Å². The minimum Gasteiger partial charge on any atom is -0.497 e. The molecule has 0 bridgehead atoms. The van der Waals surface area contributed by atoms with E-state index in [0.29, 0.717) is 24.2 Å². The number of carbonyl (C=O) groups is 1. The van der Waals surface area contributed by atoms with Gasteiger partial charge in [0.05, 0.1) is 20.2 Å². The molecule has 4 N–H and O–H groups in total. The molecular weight excluding hydrogens is 473 g/mol. The summed E-state index contributed by atoms with van der Waals surface area (Å²) >= 11 is 0. The standard InChI is InChI=1S/C18H27N7O2.HI/c1-18(2,3)23-15(26)11-21-17(19-4)20-10-14-22-16(25-24-14)12-6-8-13(27-5)9-7-12;/h6-9H,10-11H2,1-5H3,(H,23,26)(H2,19,20,21)(H,22,24,25);1H. The fourth-order valence-corrected chi connectivity index (χ4v) is 2.26. The maximum absolute atomic E-state index is 11.9. The molecule has 0 fully saturated rings. The molecule has 1 aromatic heterocycles. The number of H-pyrrole nitrogens is 1. The predicted octanol–water partition coefficient (Wildman–Crippen LogP) is 1.68. The first-order valence-electron chi connectivity index (χ1n) is 8.62. The third-order valence-corrected chi connectivity index (χ3v) is 3.46. The van der Waals surface area contributed by atoms with E-state index in [2.05, 4.69) is 36.1 Å². The molecule has 2 aromatic rings. The van der Waals surface area contributed by atoms with Crippen molar-refractivity contribution in [2.75, 3.05) is 20.7 Å². The van der Waals surface area contributed by atoms with Crippen molar-refractivity contribution >= 4 is 35.8 Å². The van der Waals surface area contributed by atoms with Crippen LogP contribution in [0.15, 0.2) is 29.3 Å². The molecule has 154 valence electrons. The third kappa shape index (κ3) is 7.71. The summed E-state index contributed by atoms with van der Waals surface area (Å²) in [5, 5.41) is 16.0. The highest BCUT2D eigenvalue weighted by atomic mass is 127. The van der Waals surface area contributed by atoms with Crippen LogP contribution in [0.2, 0.25) is 0 Å². The van der Waals surface area contributed by atoms with Gasteiger partial charge in [0.1, 0.15) is 11.6 Å². The van der Waals surface area contributed by atoms with Gasteiger partial charge >= 0.3 is 0 Å². The Hall–Kier alpha value is -2.37. The number of rotatable bonds is 6. The van der Waals surface area contributed by atoms with Crippen molar-refractivity contribution in [1.29, 1.82) is 0 Å². The van der Waals surface area contributed by atoms with E-state index in [1.54, 1.807) is 14.2 Å². The fraction of sp³-hybridized carbons (Fsp3) is 0.444. The van der Waals surface area contributed by atoms with Gasteiger partial charge in [-0.2, -0.15) is 5.10 Å². The van der Waals surface area contributed by atoms with Gasteiger partial charge in [-0.25, -0.2) is 4.98 Å². The second-order valence-electron chi connectivity index (χ2n) is 6.91. The van der Waals surface area contributed by atoms with Gasteiger partial charge in [-0.3, -0.25) is 14.9 Å². The normalized spacial score (nSPS) is 11.4. The summed E-state index contributed by atoms with van der Waals surface area (Å²) in [6.07, 6.45) is 0. The molecule has 1 amide bonds. The molecule has 1 aromatic carbocycles. The van der Waals surface area contributed by atoms with E-state index in [1.165, 1.54) is 0 Å². The average molecular weight is 501 g/mol. The quantitative estimate of drug-likeness (QED) is 0.272. The number of carbonyl (C=O) groups excluding carboxylic acids is 1. The SMILES string of the molecule is CN=C(NCC(=O)NC(C)(C)C)NCc1nc(-c2ccc(OC)cc2)n[nH]1.I. The molecule has 0 aliphatic heterocycles. The lowest BCUT2D eigenvalue weighted by atomic mass is 10.1. The maximum Gasteiger partial charge on any atom is 0.239 e. The van der Waals surface area contributed by atoms with Crippen LogP contribution in [0.25, 0.3) is 11.4 Å². The number of guanidine groups is 1. The summed E-state index contributed by atoms with van der Waals surface area (Å²) < 4.78 is 5.15. The number of methoxy groups -OCH3 is 1. The van der Waals surface area contributed by atoms with E-state index in [4.69, 9.17) is 4.74 Å². The number of nitrogens with one attached hydrogen (secondary N) is 4. The van der Waals surface area contributed by atoms with Crippen molar-refractivity contribution in [3.8, 4) is 17.1 Å². The molecule has 0 atom stereocenters. The van der Waals surface area contributed by atoms with Gasteiger partial charge in [0.15, 0.2) is 11.8 Å². The summed E-state index contributed by atoms with van der Waals surface area (Å²) in [4.78, 5) is 20.4. The lowest BCUT2D eigenvalue weighted by Crippen LogP contribution is -2.48. The van der Waals surface area contributed by atoms with Gasteiger partial charge in [0.2, 0.25) is 5.91 Å². The zero-order chi connectivity index (χ0) is 19.9. The van der Waals surface area contributed by atoms with Crippen LogP contribution in [0.1, 0.15) is 26.6 Å². The Balaban J connectivity index is 0.00000392. The Morgan fingerprint density at radius 1 is 1.21 bits per heavy atom. The molecule has 0 saturated heterocycles. The number of aliphatic imine (C=N–C) groups is 1. The van der Waals surface area contributed by atoms with Crippen LogP contribution in [-0.2, 0) is 11.3 Å². The Morgan fingerprint density at radius 2 is 1.89 bits per heavy atom. The number of nitrogens with zero attached hydrogens (tertiary/aromatic N) is 3. The van der Waals surface area contributed by atoms with Crippen LogP contribution in [0.4, 0.5) is 0 Å². The van der Waals surface area contributed by atoms with E-state index >= 15 is 0 Å². The van der Waals surface area contributed by atoms with Crippen molar-refractivity contribution in [2.24, 2.45) is 4.99 Å². The molecule has 0 aliphatic carbocycles. The number of benzene rings is 1. The Bertz CT molecular complexity index is 782. The van der Waals surface area contributed by atoms with E-state index in [0.717, 1.165) is 11.3 Å². The second kappa shape index (κ2) is 10.8. The van der Waals surface area contributed by atoms with E-state index < -0.39 is 0 Å². The van der Waals surface area contributed by atoms with Gasteiger partial charge in [-0.05, 0) is 45.0 Å². The largest absolute Gasteiger partial charge is 0.497 e. The van der Waals surface area contributed by atoms with Crippen molar-refractivity contribution in [1.82, 2.24) is 31.1 Å². The molecule has 0 spiro atoms. The summed E-state index contributed by atoms with van der Waals surface area (Å²) in [6.45, 7) is 6.32. The minimum absolute atomic E-state index is 0. The lowest BCUT2D eigenvalue weighted by molar-refractivity contribution is -0.121. The number of hydrogen-bond donors (Lipinski definition) is 4. The van der Waals surface area contributed by atoms with E-state index in [1.807, 2.05) is 45.0 Å². The highest BCUT2D eigenvalue weighted by Gasteiger charge is 2.14. The number of ether oxygens (including phenoxy) is 1. The Morgan fingerprint density at radius 3 is 2.46 bits per heavy atom. The lowest BCUT2D eigenvalue weighted by Gasteiger charge is -2.21. The molecule has 0 aliphatic rings. The number of halogens is 1. The molecule has 0 radical (unpaired) electrons. The second-order valence-corrected chi connectivity index (χ2v) is 6.91. The van der Waals surface area contributed by atoms with Crippen molar-refractivity contribution < 1.29 is 9.53 Å². The molecular formula is C18H28IN7O2. The molecule has 10 heteroatoms. The van der Waals surface area contributed by atoms with E-state index in [-0.39, 0.29) is 42.0 Å². The van der Waals surface area contributed by atoms with Gasteiger partial charge in [-0.15, -0.1) is 24.0 Å². The summed E-state index contributed by atoms with van der Waals surface area (Å²) in [7, 11) is 3.26. The topological polar surface area (TPSA) is 116 Å². The van der Waals surface area contributed by atoms with Crippen LogP contribution < -0.4 is 20.7 Å². The van der Waals surface area contributed by atoms with Crippen molar-refractivity contribution in [3.05, 3.63) is 30.1 Å². The summed E-state index contributed by atoms with van der Waals surface area (Å²) in [5.41, 5.74) is 0.618. The Kier molecular flexibility index (Phi) is 9.16. The molecule has 0 saturated carbocycles. The fourth-order valence-electron chi connectivity index (χ4n) is 2.26. The van der Waals surface area contributed by atoms with Crippen LogP contribution >= 0.6 is 24.0 Å².